The molecule has 0 unspecified atom stereocenters. The highest BCUT2D eigenvalue weighted by Crippen LogP contribution is 2.17. The fourth-order valence-corrected chi connectivity index (χ4v) is 3.68. The van der Waals surface area contributed by atoms with E-state index in [1.54, 1.807) is 42.5 Å². The average molecular weight is 406 g/mol. The van der Waals surface area contributed by atoms with Crippen molar-refractivity contribution in [2.75, 3.05) is 11.9 Å². The van der Waals surface area contributed by atoms with Crippen LogP contribution in [0.2, 0.25) is 0 Å². The minimum absolute atomic E-state index is 0.144. The van der Waals surface area contributed by atoms with Gasteiger partial charge in [0.25, 0.3) is 5.56 Å². The minimum Gasteiger partial charge on any atom is -0.338 e. The average Bonchev–Trinajstić information content (AvgIpc) is 2.73. The summed E-state index contributed by atoms with van der Waals surface area (Å²) in [5.74, 6) is -0.338. The first kappa shape index (κ1) is 19.6. The lowest BCUT2D eigenvalue weighted by atomic mass is 10.1. The van der Waals surface area contributed by atoms with Gasteiger partial charge in [-0.25, -0.2) is 4.79 Å². The zero-order chi connectivity index (χ0) is 21.1. The predicted octanol–water partition coefficient (Wildman–Crippen LogP) is 1.84. The van der Waals surface area contributed by atoms with Gasteiger partial charge in [-0.1, -0.05) is 24.3 Å². The number of aromatic nitrogens is 2. The maximum atomic E-state index is 12.6. The Kier molecular flexibility index (Phi) is 5.47. The van der Waals surface area contributed by atoms with Gasteiger partial charge in [-0.15, -0.1) is 0 Å². The zero-order valence-corrected chi connectivity index (χ0v) is 16.4. The summed E-state index contributed by atoms with van der Waals surface area (Å²) in [5.41, 5.74) is 0.744. The van der Waals surface area contributed by atoms with Gasteiger partial charge in [-0.2, -0.15) is 0 Å². The van der Waals surface area contributed by atoms with Crippen LogP contribution in [0.4, 0.5) is 5.69 Å². The minimum atomic E-state index is -0.633. The molecular formula is C22H22N4O4. The van der Waals surface area contributed by atoms with Crippen LogP contribution in [0.25, 0.3) is 10.9 Å². The van der Waals surface area contributed by atoms with Crippen LogP contribution in [0, 0.1) is 0 Å². The second-order valence-electron chi connectivity index (χ2n) is 7.39. The van der Waals surface area contributed by atoms with Crippen molar-refractivity contribution < 1.29 is 9.59 Å². The molecule has 4 rings (SSSR count). The Morgan fingerprint density at radius 1 is 1.03 bits per heavy atom. The summed E-state index contributed by atoms with van der Waals surface area (Å²) in [6.45, 7) is 0.837. The standard InChI is InChI=1S/C22H22N4O4/c27-19(14-26-21(29)17-8-1-2-9-18(17)24-22(26)30)23-16-7-5-6-15(12-16)13-25-11-4-3-10-20(25)28/h1-2,5-9,12H,3-4,10-11,13-14H2,(H,23,27)(H,24,30). The van der Waals surface area contributed by atoms with E-state index in [0.29, 0.717) is 29.6 Å². The molecule has 1 aliphatic rings. The highest BCUT2D eigenvalue weighted by Gasteiger charge is 2.18. The molecule has 2 aromatic carbocycles. The Bertz CT molecular complexity index is 1230. The number of rotatable bonds is 5. The molecule has 1 aromatic heterocycles. The van der Waals surface area contributed by atoms with E-state index in [4.69, 9.17) is 0 Å². The lowest BCUT2D eigenvalue weighted by molar-refractivity contribution is -0.133. The Morgan fingerprint density at radius 2 is 1.87 bits per heavy atom. The van der Waals surface area contributed by atoms with Gasteiger partial charge in [0.05, 0.1) is 10.9 Å². The molecule has 1 aliphatic heterocycles. The van der Waals surface area contributed by atoms with Crippen LogP contribution >= 0.6 is 0 Å². The maximum Gasteiger partial charge on any atom is 0.329 e. The molecule has 8 heteroatoms. The predicted molar refractivity (Wildman–Crippen MR) is 113 cm³/mol. The van der Waals surface area contributed by atoms with Crippen LogP contribution in [0.1, 0.15) is 24.8 Å². The summed E-state index contributed by atoms with van der Waals surface area (Å²) in [4.78, 5) is 53.7. The second-order valence-corrected chi connectivity index (χ2v) is 7.39. The van der Waals surface area contributed by atoms with Crippen LogP contribution in [0.3, 0.4) is 0 Å². The quantitative estimate of drug-likeness (QED) is 0.675. The van der Waals surface area contributed by atoms with Crippen LogP contribution in [0.15, 0.2) is 58.1 Å². The molecule has 1 saturated heterocycles. The van der Waals surface area contributed by atoms with Crippen molar-refractivity contribution in [2.24, 2.45) is 0 Å². The normalized spacial score (nSPS) is 14.1. The van der Waals surface area contributed by atoms with Gasteiger partial charge in [0.1, 0.15) is 6.54 Å². The Balaban J connectivity index is 1.48. The van der Waals surface area contributed by atoms with Crippen molar-refractivity contribution in [3.63, 3.8) is 0 Å². The van der Waals surface area contributed by atoms with E-state index in [2.05, 4.69) is 10.3 Å². The van der Waals surface area contributed by atoms with Crippen molar-refractivity contribution in [1.82, 2.24) is 14.5 Å². The summed E-state index contributed by atoms with van der Waals surface area (Å²) in [5, 5.41) is 3.07. The number of aromatic amines is 1. The summed E-state index contributed by atoms with van der Waals surface area (Å²) in [7, 11) is 0. The summed E-state index contributed by atoms with van der Waals surface area (Å²) in [6, 6.07) is 13.9. The van der Waals surface area contributed by atoms with E-state index in [1.807, 2.05) is 11.0 Å². The third kappa shape index (κ3) is 4.17. The van der Waals surface area contributed by atoms with Gasteiger partial charge < -0.3 is 15.2 Å². The largest absolute Gasteiger partial charge is 0.338 e. The summed E-state index contributed by atoms with van der Waals surface area (Å²) >= 11 is 0. The number of fused-ring (bicyclic) bond motifs is 1. The number of likely N-dealkylation sites (tertiary alicyclic amines) is 1. The van der Waals surface area contributed by atoms with E-state index < -0.39 is 23.7 Å². The molecule has 1 fully saturated rings. The second kappa shape index (κ2) is 8.36. The first-order valence-electron chi connectivity index (χ1n) is 9.90. The molecule has 0 spiro atoms. The Morgan fingerprint density at radius 3 is 2.70 bits per heavy atom. The van der Waals surface area contributed by atoms with Crippen molar-refractivity contribution in [3.05, 3.63) is 74.9 Å². The third-order valence-electron chi connectivity index (χ3n) is 5.20. The number of nitrogens with one attached hydrogen (secondary N) is 2. The summed E-state index contributed by atoms with van der Waals surface area (Å²) < 4.78 is 0.883. The number of amides is 2. The summed E-state index contributed by atoms with van der Waals surface area (Å²) in [6.07, 6.45) is 2.50. The lowest BCUT2D eigenvalue weighted by Gasteiger charge is -2.26. The molecule has 8 nitrogen and oxygen atoms in total. The molecule has 0 radical (unpaired) electrons. The van der Waals surface area contributed by atoms with Crippen LogP contribution in [-0.4, -0.2) is 32.8 Å². The van der Waals surface area contributed by atoms with E-state index in [-0.39, 0.29) is 5.91 Å². The topological polar surface area (TPSA) is 104 Å². The van der Waals surface area contributed by atoms with E-state index >= 15 is 0 Å². The van der Waals surface area contributed by atoms with Crippen molar-refractivity contribution >= 4 is 28.4 Å². The number of H-pyrrole nitrogens is 1. The smallest absolute Gasteiger partial charge is 0.329 e. The number of hydrogen-bond donors (Lipinski definition) is 2. The van der Waals surface area contributed by atoms with Gasteiger partial charge in [0.2, 0.25) is 11.8 Å². The highest BCUT2D eigenvalue weighted by molar-refractivity contribution is 5.90. The third-order valence-corrected chi connectivity index (χ3v) is 5.20. The fraction of sp³-hybridized carbons (Fsp3) is 0.273. The Hall–Kier alpha value is -3.68. The van der Waals surface area contributed by atoms with E-state index in [9.17, 15) is 19.2 Å². The van der Waals surface area contributed by atoms with Crippen LogP contribution in [-0.2, 0) is 22.7 Å². The fourth-order valence-electron chi connectivity index (χ4n) is 3.68. The number of hydrogen-bond acceptors (Lipinski definition) is 4. The van der Waals surface area contributed by atoms with Gasteiger partial charge in [0.15, 0.2) is 0 Å². The molecule has 154 valence electrons. The molecule has 0 saturated carbocycles. The van der Waals surface area contributed by atoms with Gasteiger partial charge >= 0.3 is 5.69 Å². The molecule has 0 aliphatic carbocycles. The van der Waals surface area contributed by atoms with Crippen molar-refractivity contribution in [2.45, 2.75) is 32.4 Å². The number of nitrogens with zero attached hydrogens (tertiary/aromatic N) is 2. The number of para-hydroxylation sites is 1. The molecule has 0 bridgehead atoms. The first-order chi connectivity index (χ1) is 14.5. The van der Waals surface area contributed by atoms with E-state index in [1.165, 1.54) is 0 Å². The molecular weight excluding hydrogens is 384 g/mol. The first-order valence-corrected chi connectivity index (χ1v) is 9.90. The molecule has 3 aromatic rings. The molecule has 2 heterocycles. The monoisotopic (exact) mass is 406 g/mol. The van der Waals surface area contributed by atoms with Gasteiger partial charge in [-0.05, 0) is 42.7 Å². The zero-order valence-electron chi connectivity index (χ0n) is 16.4. The maximum absolute atomic E-state index is 12.6. The van der Waals surface area contributed by atoms with Crippen molar-refractivity contribution in [1.29, 1.82) is 0 Å². The van der Waals surface area contributed by atoms with Crippen LogP contribution < -0.4 is 16.6 Å². The molecule has 2 N–H and O–H groups in total. The lowest BCUT2D eigenvalue weighted by Crippen LogP contribution is -2.38. The molecule has 0 atom stereocenters. The number of carbonyl (C=O) groups excluding carboxylic acids is 2. The van der Waals surface area contributed by atoms with Crippen molar-refractivity contribution in [3.8, 4) is 0 Å². The number of anilines is 1. The SMILES string of the molecule is O=C(Cn1c(=O)[nH]c2ccccc2c1=O)Nc1cccc(CN2CCCCC2=O)c1. The number of piperidine rings is 1. The number of benzene rings is 2. The number of carbonyl (C=O) groups is 2. The van der Waals surface area contributed by atoms with Gasteiger partial charge in [0, 0.05) is 25.2 Å². The molecule has 2 amide bonds. The van der Waals surface area contributed by atoms with E-state index in [0.717, 1.165) is 29.5 Å². The Labute approximate surface area is 172 Å². The molecule has 30 heavy (non-hydrogen) atoms. The van der Waals surface area contributed by atoms with Crippen LogP contribution in [0.5, 0.6) is 0 Å². The van der Waals surface area contributed by atoms with Gasteiger partial charge in [-0.3, -0.25) is 19.0 Å². The highest BCUT2D eigenvalue weighted by atomic mass is 16.2.